The smallest absolute Gasteiger partial charge is 0.354 e. The van der Waals surface area contributed by atoms with Gasteiger partial charge >= 0.3 is 5.97 Å². The third kappa shape index (κ3) is 2.53. The summed E-state index contributed by atoms with van der Waals surface area (Å²) in [6.45, 7) is 2.88. The van der Waals surface area contributed by atoms with E-state index in [0.717, 1.165) is 38.2 Å². The van der Waals surface area contributed by atoms with E-state index < -0.39 is 5.97 Å². The summed E-state index contributed by atoms with van der Waals surface area (Å²) in [6, 6.07) is 8.57. The lowest BCUT2D eigenvalue weighted by Crippen LogP contribution is -2.33. The molecule has 0 aliphatic carbocycles. The zero-order chi connectivity index (χ0) is 16.7. The van der Waals surface area contributed by atoms with Crippen LogP contribution in [0.2, 0.25) is 0 Å². The molecule has 1 saturated heterocycles. The first kappa shape index (κ1) is 15.4. The number of hydrogen-bond acceptors (Lipinski definition) is 3. The van der Waals surface area contributed by atoms with Crippen LogP contribution in [0.25, 0.3) is 0 Å². The molecular weight excluding hydrogens is 302 g/mol. The van der Waals surface area contributed by atoms with Gasteiger partial charge in [-0.25, -0.2) is 9.78 Å². The molecule has 1 unspecified atom stereocenters. The van der Waals surface area contributed by atoms with E-state index in [1.54, 1.807) is 0 Å². The van der Waals surface area contributed by atoms with E-state index in [2.05, 4.69) is 41.2 Å². The van der Waals surface area contributed by atoms with Crippen LogP contribution in [0, 0.1) is 5.92 Å². The van der Waals surface area contributed by atoms with E-state index in [-0.39, 0.29) is 5.92 Å². The van der Waals surface area contributed by atoms with Crippen molar-refractivity contribution in [3.8, 4) is 0 Å². The normalized spacial score (nSPS) is 21.8. The lowest BCUT2D eigenvalue weighted by Gasteiger charge is -2.34. The van der Waals surface area contributed by atoms with Crippen molar-refractivity contribution in [2.24, 2.45) is 5.92 Å². The summed E-state index contributed by atoms with van der Waals surface area (Å²) < 4.78 is 1.94. The van der Waals surface area contributed by atoms with E-state index in [1.165, 1.54) is 17.3 Å². The second-order valence-electron chi connectivity index (χ2n) is 7.03. The molecule has 0 amide bonds. The zero-order valence-corrected chi connectivity index (χ0v) is 14.0. The lowest BCUT2D eigenvalue weighted by molar-refractivity contribution is 0.0684. The summed E-state index contributed by atoms with van der Waals surface area (Å²) in [5.74, 6) is 0.766. The number of aromatic nitrogens is 2. The van der Waals surface area contributed by atoms with Gasteiger partial charge in [-0.2, -0.15) is 0 Å². The molecule has 5 heteroatoms. The Balaban J connectivity index is 1.82. The highest BCUT2D eigenvalue weighted by molar-refractivity contribution is 5.85. The SMILES string of the molecule is CN1CCC(C2c3ccccc3CCn3c(C(=O)O)cnc32)CC1. The van der Waals surface area contributed by atoms with Crippen LogP contribution >= 0.6 is 0 Å². The molecule has 0 radical (unpaired) electrons. The molecule has 1 fully saturated rings. The molecule has 24 heavy (non-hydrogen) atoms. The number of carboxylic acids is 1. The van der Waals surface area contributed by atoms with Crippen LogP contribution in [-0.2, 0) is 13.0 Å². The molecule has 2 aliphatic heterocycles. The van der Waals surface area contributed by atoms with Crippen molar-refractivity contribution in [1.82, 2.24) is 14.5 Å². The minimum atomic E-state index is -0.887. The van der Waals surface area contributed by atoms with Crippen molar-refractivity contribution in [2.75, 3.05) is 20.1 Å². The number of hydrogen-bond donors (Lipinski definition) is 1. The Kier molecular flexibility index (Phi) is 3.88. The number of carboxylic acid groups (broad SMARTS) is 1. The summed E-state index contributed by atoms with van der Waals surface area (Å²) >= 11 is 0. The number of fused-ring (bicyclic) bond motifs is 2. The molecular formula is C19H23N3O2. The maximum Gasteiger partial charge on any atom is 0.354 e. The number of piperidine rings is 1. The van der Waals surface area contributed by atoms with Crippen molar-refractivity contribution >= 4 is 5.97 Å². The summed E-state index contributed by atoms with van der Waals surface area (Å²) in [6.07, 6.45) is 4.66. The highest BCUT2D eigenvalue weighted by Crippen LogP contribution is 2.40. The zero-order valence-electron chi connectivity index (χ0n) is 14.0. The van der Waals surface area contributed by atoms with Crippen LogP contribution in [0.1, 0.15) is 46.2 Å². The first-order valence-electron chi connectivity index (χ1n) is 8.70. The molecule has 1 aromatic heterocycles. The molecule has 4 rings (SSSR count). The number of carbonyl (C=O) groups is 1. The Labute approximate surface area is 141 Å². The first-order chi connectivity index (χ1) is 11.6. The number of benzene rings is 1. The van der Waals surface area contributed by atoms with Gasteiger partial charge in [-0.15, -0.1) is 0 Å². The Morgan fingerprint density at radius 1 is 1.21 bits per heavy atom. The Morgan fingerprint density at radius 2 is 1.96 bits per heavy atom. The summed E-state index contributed by atoms with van der Waals surface area (Å²) in [4.78, 5) is 18.5. The number of aromatic carboxylic acids is 1. The average Bonchev–Trinajstić information content (AvgIpc) is 2.93. The third-order valence-electron chi connectivity index (χ3n) is 5.61. The van der Waals surface area contributed by atoms with Gasteiger partial charge in [0, 0.05) is 12.5 Å². The van der Waals surface area contributed by atoms with Crippen LogP contribution in [0.5, 0.6) is 0 Å². The topological polar surface area (TPSA) is 58.4 Å². The van der Waals surface area contributed by atoms with Gasteiger partial charge in [0.15, 0.2) is 0 Å². The first-order valence-corrected chi connectivity index (χ1v) is 8.70. The van der Waals surface area contributed by atoms with Crippen LogP contribution < -0.4 is 0 Å². The van der Waals surface area contributed by atoms with E-state index in [1.807, 2.05) is 4.57 Å². The van der Waals surface area contributed by atoms with Gasteiger partial charge in [0.05, 0.1) is 6.20 Å². The van der Waals surface area contributed by atoms with Crippen LogP contribution in [0.3, 0.4) is 0 Å². The van der Waals surface area contributed by atoms with E-state index >= 15 is 0 Å². The van der Waals surface area contributed by atoms with Gasteiger partial charge in [0.25, 0.3) is 0 Å². The van der Waals surface area contributed by atoms with Gasteiger partial charge in [-0.1, -0.05) is 24.3 Å². The Morgan fingerprint density at radius 3 is 2.71 bits per heavy atom. The molecule has 126 valence electrons. The molecule has 5 nitrogen and oxygen atoms in total. The number of aryl methyl sites for hydroxylation is 1. The van der Waals surface area contributed by atoms with Crippen LogP contribution in [0.4, 0.5) is 0 Å². The van der Waals surface area contributed by atoms with Crippen molar-refractivity contribution in [3.63, 3.8) is 0 Å². The highest BCUT2D eigenvalue weighted by Gasteiger charge is 2.35. The number of nitrogens with zero attached hydrogens (tertiary/aromatic N) is 3. The number of likely N-dealkylation sites (tertiary alicyclic amines) is 1. The van der Waals surface area contributed by atoms with Crippen LogP contribution in [0.15, 0.2) is 30.5 Å². The maximum atomic E-state index is 11.6. The van der Waals surface area contributed by atoms with Crippen molar-refractivity contribution in [2.45, 2.75) is 31.7 Å². The summed E-state index contributed by atoms with van der Waals surface area (Å²) in [7, 11) is 2.17. The van der Waals surface area contributed by atoms with E-state index in [0.29, 0.717) is 18.2 Å². The average molecular weight is 325 g/mol. The molecule has 0 bridgehead atoms. The largest absolute Gasteiger partial charge is 0.477 e. The molecule has 0 spiro atoms. The maximum absolute atomic E-state index is 11.6. The van der Waals surface area contributed by atoms with Gasteiger partial charge in [-0.05, 0) is 56.4 Å². The molecule has 1 aromatic carbocycles. The predicted octanol–water partition coefficient (Wildman–Crippen LogP) is 2.61. The van der Waals surface area contributed by atoms with Crippen LogP contribution in [-0.4, -0.2) is 45.7 Å². The lowest BCUT2D eigenvalue weighted by atomic mass is 9.78. The quantitative estimate of drug-likeness (QED) is 0.922. The number of rotatable bonds is 2. The molecule has 3 heterocycles. The van der Waals surface area contributed by atoms with E-state index in [4.69, 9.17) is 0 Å². The Hall–Kier alpha value is -2.14. The summed E-state index contributed by atoms with van der Waals surface area (Å²) in [5, 5.41) is 9.50. The standard InChI is InChI=1S/C19H23N3O2/c1-21-9-6-14(7-10-21)17-15-5-3-2-4-13(15)8-11-22-16(19(23)24)12-20-18(17)22/h2-5,12,14,17H,6-11H2,1H3,(H,23,24). The van der Waals surface area contributed by atoms with Crippen molar-refractivity contribution in [3.05, 3.63) is 53.1 Å². The fraction of sp³-hybridized carbons (Fsp3) is 0.474. The second kappa shape index (κ2) is 6.06. The molecule has 2 aliphatic rings. The van der Waals surface area contributed by atoms with Gasteiger partial charge in [-0.3, -0.25) is 0 Å². The summed E-state index contributed by atoms with van der Waals surface area (Å²) in [5.41, 5.74) is 2.99. The minimum Gasteiger partial charge on any atom is -0.477 e. The molecule has 2 aromatic rings. The highest BCUT2D eigenvalue weighted by atomic mass is 16.4. The Bertz CT molecular complexity index is 760. The molecule has 1 atom stereocenters. The van der Waals surface area contributed by atoms with Crippen molar-refractivity contribution in [1.29, 1.82) is 0 Å². The predicted molar refractivity (Wildman–Crippen MR) is 91.4 cm³/mol. The van der Waals surface area contributed by atoms with Gasteiger partial charge in [0.2, 0.25) is 0 Å². The second-order valence-corrected chi connectivity index (χ2v) is 7.03. The minimum absolute atomic E-state index is 0.200. The third-order valence-corrected chi connectivity index (χ3v) is 5.61. The van der Waals surface area contributed by atoms with E-state index in [9.17, 15) is 9.90 Å². The molecule has 0 saturated carbocycles. The monoisotopic (exact) mass is 325 g/mol. The van der Waals surface area contributed by atoms with Gasteiger partial charge < -0.3 is 14.6 Å². The van der Waals surface area contributed by atoms with Crippen molar-refractivity contribution < 1.29 is 9.90 Å². The molecule has 1 N–H and O–H groups in total. The fourth-order valence-electron chi connectivity index (χ4n) is 4.31. The fourth-order valence-corrected chi connectivity index (χ4v) is 4.31. The number of imidazole rings is 1. The van der Waals surface area contributed by atoms with Gasteiger partial charge in [0.1, 0.15) is 11.5 Å².